The number of aromatic amines is 1. The van der Waals surface area contributed by atoms with Crippen LogP contribution in [-0.4, -0.2) is 25.7 Å². The van der Waals surface area contributed by atoms with E-state index in [0.717, 1.165) is 49.8 Å². The summed E-state index contributed by atoms with van der Waals surface area (Å²) >= 11 is 0. The number of aromatic nitrogens is 4. The van der Waals surface area contributed by atoms with E-state index in [1.807, 2.05) is 36.4 Å². The summed E-state index contributed by atoms with van der Waals surface area (Å²) < 4.78 is 1.56. The van der Waals surface area contributed by atoms with E-state index in [1.54, 1.807) is 4.68 Å². The SMILES string of the molecule is O=C(Nc1cc(C2CC2)nn1-c1nc(-c2ccccc2)cc(=O)[nH]1)C1CCCC1. The van der Waals surface area contributed by atoms with Crippen LogP contribution in [0, 0.1) is 5.92 Å². The summed E-state index contributed by atoms with van der Waals surface area (Å²) in [5.41, 5.74) is 2.09. The molecule has 148 valence electrons. The Kier molecular flexibility index (Phi) is 4.50. The second-order valence-corrected chi connectivity index (χ2v) is 7.93. The Morgan fingerprint density at radius 3 is 2.55 bits per heavy atom. The molecule has 5 rings (SSSR count). The van der Waals surface area contributed by atoms with Gasteiger partial charge in [-0.1, -0.05) is 43.2 Å². The van der Waals surface area contributed by atoms with Crippen molar-refractivity contribution in [1.82, 2.24) is 19.7 Å². The van der Waals surface area contributed by atoms with Gasteiger partial charge in [0, 0.05) is 29.5 Å². The lowest BCUT2D eigenvalue weighted by Crippen LogP contribution is -2.23. The molecule has 2 aliphatic rings. The van der Waals surface area contributed by atoms with Crippen molar-refractivity contribution in [2.45, 2.75) is 44.4 Å². The van der Waals surface area contributed by atoms with Gasteiger partial charge in [-0.3, -0.25) is 14.6 Å². The van der Waals surface area contributed by atoms with Crippen LogP contribution < -0.4 is 10.9 Å². The molecule has 1 amide bonds. The fourth-order valence-corrected chi connectivity index (χ4v) is 3.95. The van der Waals surface area contributed by atoms with Gasteiger partial charge in [0.2, 0.25) is 11.9 Å². The third-order valence-corrected chi connectivity index (χ3v) is 5.70. The summed E-state index contributed by atoms with van der Waals surface area (Å²) in [6.45, 7) is 0. The van der Waals surface area contributed by atoms with Crippen LogP contribution in [0.3, 0.4) is 0 Å². The van der Waals surface area contributed by atoms with Crippen LogP contribution in [0.5, 0.6) is 0 Å². The molecule has 1 aromatic carbocycles. The van der Waals surface area contributed by atoms with Crippen LogP contribution in [0.15, 0.2) is 47.3 Å². The molecule has 2 saturated carbocycles. The molecule has 0 atom stereocenters. The van der Waals surface area contributed by atoms with E-state index in [4.69, 9.17) is 0 Å². The maximum Gasteiger partial charge on any atom is 0.252 e. The van der Waals surface area contributed by atoms with Crippen molar-refractivity contribution >= 4 is 11.7 Å². The van der Waals surface area contributed by atoms with Gasteiger partial charge >= 0.3 is 0 Å². The summed E-state index contributed by atoms with van der Waals surface area (Å²) in [6.07, 6.45) is 6.24. The molecule has 2 N–H and O–H groups in total. The van der Waals surface area contributed by atoms with Crippen LogP contribution in [0.4, 0.5) is 5.82 Å². The second kappa shape index (κ2) is 7.31. The predicted molar refractivity (Wildman–Crippen MR) is 110 cm³/mol. The summed E-state index contributed by atoms with van der Waals surface area (Å²) in [5, 5.41) is 7.70. The average Bonchev–Trinajstić information content (AvgIpc) is 3.26. The van der Waals surface area contributed by atoms with E-state index in [2.05, 4.69) is 20.4 Å². The number of amides is 1. The van der Waals surface area contributed by atoms with Gasteiger partial charge < -0.3 is 5.32 Å². The fraction of sp³-hybridized carbons (Fsp3) is 0.364. The number of carbonyl (C=O) groups is 1. The Hall–Kier alpha value is -3.22. The number of benzene rings is 1. The van der Waals surface area contributed by atoms with Crippen molar-refractivity contribution in [2.24, 2.45) is 5.92 Å². The zero-order chi connectivity index (χ0) is 19.8. The summed E-state index contributed by atoms with van der Waals surface area (Å²) in [6, 6.07) is 12.9. The number of carbonyl (C=O) groups excluding carboxylic acids is 1. The molecule has 0 aliphatic heterocycles. The van der Waals surface area contributed by atoms with Gasteiger partial charge in [-0.05, 0) is 25.7 Å². The van der Waals surface area contributed by atoms with Gasteiger partial charge in [0.05, 0.1) is 11.4 Å². The predicted octanol–water partition coefficient (Wildman–Crippen LogP) is 3.63. The monoisotopic (exact) mass is 389 g/mol. The first-order valence-electron chi connectivity index (χ1n) is 10.3. The van der Waals surface area contributed by atoms with Gasteiger partial charge in [0.1, 0.15) is 5.82 Å². The highest BCUT2D eigenvalue weighted by molar-refractivity contribution is 5.92. The standard InChI is InChI=1S/C22H23N5O2/c28-20-13-17(14-6-2-1-3-7-14)23-22(25-20)27-19(12-18(26-27)15-10-11-15)24-21(29)16-8-4-5-9-16/h1-3,6-7,12-13,15-16H,4-5,8-11H2,(H,24,29)(H,23,25,28). The summed E-state index contributed by atoms with van der Waals surface area (Å²) in [4.78, 5) is 32.4. The molecule has 0 unspecified atom stereocenters. The Bertz CT molecular complexity index is 1090. The lowest BCUT2D eigenvalue weighted by atomic mass is 10.1. The third kappa shape index (κ3) is 3.72. The maximum absolute atomic E-state index is 12.7. The highest BCUT2D eigenvalue weighted by Gasteiger charge is 2.29. The zero-order valence-electron chi connectivity index (χ0n) is 16.1. The fourth-order valence-electron chi connectivity index (χ4n) is 3.95. The van der Waals surface area contributed by atoms with Crippen molar-refractivity contribution < 1.29 is 4.79 Å². The average molecular weight is 389 g/mol. The molecule has 0 bridgehead atoms. The maximum atomic E-state index is 12.7. The van der Waals surface area contributed by atoms with Crippen LogP contribution >= 0.6 is 0 Å². The topological polar surface area (TPSA) is 92.7 Å². The molecule has 2 heterocycles. The molecule has 0 spiro atoms. The number of nitrogens with one attached hydrogen (secondary N) is 2. The quantitative estimate of drug-likeness (QED) is 0.697. The first kappa shape index (κ1) is 17.8. The van der Waals surface area contributed by atoms with Gasteiger partial charge in [-0.25, -0.2) is 4.98 Å². The number of anilines is 1. The van der Waals surface area contributed by atoms with E-state index in [-0.39, 0.29) is 17.4 Å². The Morgan fingerprint density at radius 1 is 1.07 bits per heavy atom. The summed E-state index contributed by atoms with van der Waals surface area (Å²) in [5.74, 6) is 1.36. The number of rotatable bonds is 5. The number of nitrogens with zero attached hydrogens (tertiary/aromatic N) is 3. The molecule has 2 aromatic heterocycles. The second-order valence-electron chi connectivity index (χ2n) is 7.93. The lowest BCUT2D eigenvalue weighted by molar-refractivity contribution is -0.119. The molecule has 7 nitrogen and oxygen atoms in total. The smallest absolute Gasteiger partial charge is 0.252 e. The molecule has 0 radical (unpaired) electrons. The van der Waals surface area contributed by atoms with Crippen molar-refractivity contribution in [2.75, 3.05) is 5.32 Å². The molecule has 2 aliphatic carbocycles. The molecule has 29 heavy (non-hydrogen) atoms. The highest BCUT2D eigenvalue weighted by Crippen LogP contribution is 2.40. The normalized spacial score (nSPS) is 16.8. The molecule has 7 heteroatoms. The minimum atomic E-state index is -0.259. The van der Waals surface area contributed by atoms with E-state index in [9.17, 15) is 9.59 Å². The van der Waals surface area contributed by atoms with Gasteiger partial charge in [-0.15, -0.1) is 0 Å². The van der Waals surface area contributed by atoms with Crippen LogP contribution in [-0.2, 0) is 4.79 Å². The zero-order valence-corrected chi connectivity index (χ0v) is 16.1. The first-order chi connectivity index (χ1) is 14.2. The number of hydrogen-bond acceptors (Lipinski definition) is 4. The van der Waals surface area contributed by atoms with Gasteiger partial charge in [-0.2, -0.15) is 9.78 Å². The minimum absolute atomic E-state index is 0.0209. The lowest BCUT2D eigenvalue weighted by Gasteiger charge is -2.12. The molecule has 3 aromatic rings. The Balaban J connectivity index is 1.54. The molecular weight excluding hydrogens is 366 g/mol. The largest absolute Gasteiger partial charge is 0.310 e. The Labute approximate surface area is 168 Å². The Morgan fingerprint density at radius 2 is 1.83 bits per heavy atom. The van der Waals surface area contributed by atoms with Crippen LogP contribution in [0.1, 0.15) is 50.1 Å². The minimum Gasteiger partial charge on any atom is -0.310 e. The van der Waals surface area contributed by atoms with E-state index >= 15 is 0 Å². The van der Waals surface area contributed by atoms with Crippen molar-refractivity contribution in [3.8, 4) is 17.2 Å². The number of H-pyrrole nitrogens is 1. The van der Waals surface area contributed by atoms with Crippen molar-refractivity contribution in [1.29, 1.82) is 0 Å². The van der Waals surface area contributed by atoms with E-state index in [1.165, 1.54) is 6.07 Å². The van der Waals surface area contributed by atoms with Crippen molar-refractivity contribution in [3.05, 3.63) is 58.5 Å². The molecular formula is C22H23N5O2. The van der Waals surface area contributed by atoms with Crippen molar-refractivity contribution in [3.63, 3.8) is 0 Å². The van der Waals surface area contributed by atoms with Crippen LogP contribution in [0.25, 0.3) is 17.2 Å². The van der Waals surface area contributed by atoms with Crippen LogP contribution in [0.2, 0.25) is 0 Å². The van der Waals surface area contributed by atoms with Gasteiger partial charge in [0.15, 0.2) is 0 Å². The van der Waals surface area contributed by atoms with E-state index in [0.29, 0.717) is 23.4 Å². The summed E-state index contributed by atoms with van der Waals surface area (Å²) in [7, 11) is 0. The first-order valence-corrected chi connectivity index (χ1v) is 10.3. The number of hydrogen-bond donors (Lipinski definition) is 2. The molecule has 2 fully saturated rings. The van der Waals surface area contributed by atoms with E-state index < -0.39 is 0 Å². The van der Waals surface area contributed by atoms with Gasteiger partial charge in [0.25, 0.3) is 5.56 Å². The highest BCUT2D eigenvalue weighted by atomic mass is 16.2. The third-order valence-electron chi connectivity index (χ3n) is 5.70. The molecule has 0 saturated heterocycles.